The summed E-state index contributed by atoms with van der Waals surface area (Å²) in [6, 6.07) is 15.7. The first kappa shape index (κ1) is 33.3. The van der Waals surface area contributed by atoms with Gasteiger partial charge in [-0.1, -0.05) is 38.1 Å². The van der Waals surface area contributed by atoms with Crippen molar-refractivity contribution in [3.05, 3.63) is 116 Å². The molecule has 4 N–H and O–H groups in total. The zero-order valence-corrected chi connectivity index (χ0v) is 26.2. The summed E-state index contributed by atoms with van der Waals surface area (Å²) < 4.78 is 12.2. The monoisotopic (exact) mass is 626 g/mol. The van der Waals surface area contributed by atoms with Crippen molar-refractivity contribution >= 4 is 23.9 Å². The molecule has 0 saturated carbocycles. The van der Waals surface area contributed by atoms with Gasteiger partial charge in [-0.2, -0.15) is 0 Å². The minimum atomic E-state index is -1.37. The van der Waals surface area contributed by atoms with Crippen molar-refractivity contribution in [1.82, 2.24) is 0 Å². The molecule has 0 heterocycles. The van der Waals surface area contributed by atoms with E-state index in [1.54, 1.807) is 0 Å². The third-order valence-corrected chi connectivity index (χ3v) is 8.25. The normalized spacial score (nSPS) is 11.2. The van der Waals surface area contributed by atoms with Gasteiger partial charge in [0, 0.05) is 5.41 Å². The van der Waals surface area contributed by atoms with Crippen LogP contribution in [0.5, 0.6) is 23.0 Å². The molecule has 0 fully saturated rings. The third kappa shape index (κ3) is 6.41. The molecule has 0 amide bonds. The van der Waals surface area contributed by atoms with Gasteiger partial charge in [0.25, 0.3) is 0 Å². The lowest BCUT2D eigenvalue weighted by Crippen LogP contribution is -2.23. The molecule has 4 rings (SSSR count). The molecule has 0 aliphatic carbocycles. The molecule has 0 bridgehead atoms. The molecular formula is C36H34O10. The average molecular weight is 627 g/mol. The largest absolute Gasteiger partial charge is 0.478 e. The molecule has 238 valence electrons. The lowest BCUT2D eigenvalue weighted by Gasteiger charge is -2.32. The Balaban J connectivity index is 1.69. The van der Waals surface area contributed by atoms with Gasteiger partial charge < -0.3 is 29.9 Å². The molecule has 0 radical (unpaired) electrons. The topological polar surface area (TPSA) is 168 Å². The molecular weight excluding hydrogens is 592 g/mol. The Kier molecular flexibility index (Phi) is 9.23. The van der Waals surface area contributed by atoms with Crippen LogP contribution in [0.3, 0.4) is 0 Å². The Morgan fingerprint density at radius 3 is 1.11 bits per heavy atom. The standard InChI is InChI=1S/C36H34O10/c1-7-36(6,22-12-18(2)30(19(3)13-22)45-24-8-10-26(32(37)38)28(16-24)34(41)42)23-14-20(4)31(21(5)15-23)46-25-9-11-27(33(39)40)29(17-25)35(43)44/h8-17H,7H2,1-6H3,(H,37,38)(H,39,40)(H,41,42)(H,43,44). The van der Waals surface area contributed by atoms with Crippen LogP contribution in [0.4, 0.5) is 0 Å². The van der Waals surface area contributed by atoms with E-state index in [0.717, 1.165) is 39.8 Å². The Morgan fingerprint density at radius 2 is 0.848 bits per heavy atom. The molecule has 4 aromatic carbocycles. The van der Waals surface area contributed by atoms with E-state index in [-0.39, 0.29) is 33.8 Å². The summed E-state index contributed by atoms with van der Waals surface area (Å²) >= 11 is 0. The minimum absolute atomic E-state index is 0.203. The lowest BCUT2D eigenvalue weighted by molar-refractivity contribution is 0.0651. The van der Waals surface area contributed by atoms with Gasteiger partial charge in [-0.05, 0) is 104 Å². The summed E-state index contributed by atoms with van der Waals surface area (Å²) in [5.41, 5.74) is 3.43. The number of hydrogen-bond donors (Lipinski definition) is 4. The maximum atomic E-state index is 11.7. The number of benzene rings is 4. The number of carboxylic acid groups (broad SMARTS) is 4. The molecule has 0 spiro atoms. The van der Waals surface area contributed by atoms with Crippen molar-refractivity contribution in [2.45, 2.75) is 53.4 Å². The number of hydrogen-bond acceptors (Lipinski definition) is 6. The highest BCUT2D eigenvalue weighted by Gasteiger charge is 2.30. The Bertz CT molecular complexity index is 1720. The van der Waals surface area contributed by atoms with Crippen LogP contribution in [0.25, 0.3) is 0 Å². The molecule has 0 aromatic heterocycles. The van der Waals surface area contributed by atoms with Gasteiger partial charge in [0.05, 0.1) is 22.3 Å². The summed E-state index contributed by atoms with van der Waals surface area (Å²) in [5.74, 6) is -3.94. The van der Waals surface area contributed by atoms with Crippen molar-refractivity contribution < 1.29 is 49.1 Å². The average Bonchev–Trinajstić information content (AvgIpc) is 2.99. The summed E-state index contributed by atoms with van der Waals surface area (Å²) in [6.07, 6.45) is 0.739. The maximum absolute atomic E-state index is 11.7. The fourth-order valence-corrected chi connectivity index (χ4v) is 5.57. The highest BCUT2D eigenvalue weighted by molar-refractivity contribution is 6.02. The van der Waals surface area contributed by atoms with Gasteiger partial charge in [-0.25, -0.2) is 19.2 Å². The van der Waals surface area contributed by atoms with Crippen LogP contribution < -0.4 is 9.47 Å². The van der Waals surface area contributed by atoms with Crippen LogP contribution in [-0.2, 0) is 5.41 Å². The Labute approximate surface area is 265 Å². The smallest absolute Gasteiger partial charge is 0.336 e. The Hall–Kier alpha value is -5.64. The lowest BCUT2D eigenvalue weighted by atomic mass is 9.72. The SMILES string of the molecule is CCC(C)(c1cc(C)c(Oc2ccc(C(=O)O)c(C(=O)O)c2)c(C)c1)c1cc(C)c(Oc2ccc(C(=O)O)c(C(=O)O)c2)c(C)c1. The zero-order chi connectivity index (χ0) is 34.1. The fraction of sp³-hybridized carbons (Fsp3) is 0.222. The second-order valence-corrected chi connectivity index (χ2v) is 11.4. The van der Waals surface area contributed by atoms with Crippen molar-refractivity contribution in [3.8, 4) is 23.0 Å². The molecule has 0 aliphatic rings. The van der Waals surface area contributed by atoms with Gasteiger partial charge in [0.2, 0.25) is 0 Å². The van der Waals surface area contributed by atoms with Crippen LogP contribution in [0.15, 0.2) is 60.7 Å². The van der Waals surface area contributed by atoms with E-state index >= 15 is 0 Å². The van der Waals surface area contributed by atoms with E-state index in [9.17, 15) is 39.6 Å². The first-order valence-electron chi connectivity index (χ1n) is 14.4. The van der Waals surface area contributed by atoms with Crippen molar-refractivity contribution in [2.24, 2.45) is 0 Å². The van der Waals surface area contributed by atoms with Gasteiger partial charge in [0.15, 0.2) is 0 Å². The second-order valence-electron chi connectivity index (χ2n) is 11.4. The molecule has 0 unspecified atom stereocenters. The second kappa shape index (κ2) is 12.8. The first-order chi connectivity index (χ1) is 21.6. The first-order valence-corrected chi connectivity index (χ1v) is 14.4. The van der Waals surface area contributed by atoms with Crippen molar-refractivity contribution in [1.29, 1.82) is 0 Å². The van der Waals surface area contributed by atoms with Crippen LogP contribution in [0.1, 0.15) is 95.1 Å². The zero-order valence-electron chi connectivity index (χ0n) is 26.2. The minimum Gasteiger partial charge on any atom is -0.478 e. The predicted molar refractivity (Wildman–Crippen MR) is 169 cm³/mol. The molecule has 10 nitrogen and oxygen atoms in total. The van der Waals surface area contributed by atoms with E-state index in [1.165, 1.54) is 36.4 Å². The number of ether oxygens (including phenoxy) is 2. The highest BCUT2D eigenvalue weighted by Crippen LogP contribution is 2.42. The predicted octanol–water partition coefficient (Wildman–Crippen LogP) is 8.01. The number of rotatable bonds is 11. The molecule has 4 aromatic rings. The van der Waals surface area contributed by atoms with Crippen LogP contribution >= 0.6 is 0 Å². The summed E-state index contributed by atoms with van der Waals surface area (Å²) in [4.78, 5) is 46.2. The summed E-state index contributed by atoms with van der Waals surface area (Å²) in [6.45, 7) is 11.8. The number of carboxylic acids is 4. The van der Waals surface area contributed by atoms with Gasteiger partial charge in [0.1, 0.15) is 23.0 Å². The van der Waals surface area contributed by atoms with E-state index < -0.39 is 29.3 Å². The molecule has 0 saturated heterocycles. The van der Waals surface area contributed by atoms with Crippen molar-refractivity contribution in [3.63, 3.8) is 0 Å². The van der Waals surface area contributed by atoms with Gasteiger partial charge >= 0.3 is 23.9 Å². The molecule has 46 heavy (non-hydrogen) atoms. The number of aromatic carboxylic acids is 4. The van der Waals surface area contributed by atoms with Crippen LogP contribution in [-0.4, -0.2) is 44.3 Å². The highest BCUT2D eigenvalue weighted by atomic mass is 16.5. The van der Waals surface area contributed by atoms with Gasteiger partial charge in [-0.3, -0.25) is 0 Å². The maximum Gasteiger partial charge on any atom is 0.336 e. The molecule has 0 atom stereocenters. The van der Waals surface area contributed by atoms with Crippen molar-refractivity contribution in [2.75, 3.05) is 0 Å². The fourth-order valence-electron chi connectivity index (χ4n) is 5.57. The Morgan fingerprint density at radius 1 is 0.543 bits per heavy atom. The summed E-state index contributed by atoms with van der Waals surface area (Å²) in [5, 5.41) is 37.7. The third-order valence-electron chi connectivity index (χ3n) is 8.25. The van der Waals surface area contributed by atoms with E-state index in [1.807, 2.05) is 52.0 Å². The van der Waals surface area contributed by atoms with E-state index in [0.29, 0.717) is 11.5 Å². The quantitative estimate of drug-likeness (QED) is 0.128. The molecule has 10 heteroatoms. The molecule has 0 aliphatic heterocycles. The van der Waals surface area contributed by atoms with Crippen LogP contribution in [0.2, 0.25) is 0 Å². The number of carbonyl (C=O) groups is 4. The van der Waals surface area contributed by atoms with E-state index in [2.05, 4.69) is 13.8 Å². The van der Waals surface area contributed by atoms with Crippen LogP contribution in [0, 0.1) is 27.7 Å². The van der Waals surface area contributed by atoms with E-state index in [4.69, 9.17) is 9.47 Å². The number of aryl methyl sites for hydroxylation is 4. The summed E-state index contributed by atoms with van der Waals surface area (Å²) in [7, 11) is 0. The van der Waals surface area contributed by atoms with Gasteiger partial charge in [-0.15, -0.1) is 0 Å².